The Morgan fingerprint density at radius 1 is 1.26 bits per heavy atom. The molecule has 0 atom stereocenters. The molecule has 0 saturated heterocycles. The lowest BCUT2D eigenvalue weighted by Gasteiger charge is -2.07. The molecular weight excluding hydrogens is 311 g/mol. The summed E-state index contributed by atoms with van der Waals surface area (Å²) in [4.78, 5) is 8.85. The quantitative estimate of drug-likeness (QED) is 0.672. The van der Waals surface area contributed by atoms with Gasteiger partial charge in [-0.1, -0.05) is 0 Å². The Bertz CT molecular complexity index is 628. The Hall–Kier alpha value is -1.53. The molecule has 98 valence electrons. The third kappa shape index (κ3) is 2.59. The van der Waals surface area contributed by atoms with Crippen LogP contribution in [0.15, 0.2) is 28.7 Å². The van der Waals surface area contributed by atoms with Crippen LogP contribution in [0.1, 0.15) is 24.5 Å². The summed E-state index contributed by atoms with van der Waals surface area (Å²) in [7, 11) is 0. The van der Waals surface area contributed by atoms with Crippen molar-refractivity contribution in [1.29, 1.82) is 0 Å². The van der Waals surface area contributed by atoms with Crippen molar-refractivity contribution in [3.05, 3.63) is 40.2 Å². The Labute approximate surface area is 118 Å². The van der Waals surface area contributed by atoms with Crippen LogP contribution >= 0.6 is 15.9 Å². The van der Waals surface area contributed by atoms with Crippen LogP contribution in [0.5, 0.6) is 0 Å². The number of nitrogen functional groups attached to an aromatic ring is 1. The molecule has 1 fully saturated rings. The van der Waals surface area contributed by atoms with Crippen LogP contribution < -0.4 is 11.3 Å². The lowest BCUT2D eigenvalue weighted by molar-refractivity contribution is 0.621. The summed E-state index contributed by atoms with van der Waals surface area (Å²) in [5, 5.41) is 0. The van der Waals surface area contributed by atoms with Crippen molar-refractivity contribution in [2.75, 3.05) is 5.43 Å². The second-order valence-corrected chi connectivity index (χ2v) is 5.40. The van der Waals surface area contributed by atoms with Gasteiger partial charge >= 0.3 is 0 Å². The zero-order valence-electron chi connectivity index (χ0n) is 10.0. The molecule has 1 aliphatic carbocycles. The molecule has 4 nitrogen and oxygen atoms in total. The van der Waals surface area contributed by atoms with E-state index in [-0.39, 0.29) is 5.82 Å². The van der Waals surface area contributed by atoms with E-state index in [9.17, 15) is 4.39 Å². The van der Waals surface area contributed by atoms with Crippen LogP contribution in [0.4, 0.5) is 10.2 Å². The van der Waals surface area contributed by atoms with Gasteiger partial charge in [-0.05, 0) is 47.0 Å². The Balaban J connectivity index is 2.07. The monoisotopic (exact) mass is 322 g/mol. The first-order valence-corrected chi connectivity index (χ1v) is 6.77. The summed E-state index contributed by atoms with van der Waals surface area (Å²) in [6.07, 6.45) is 2.29. The minimum absolute atomic E-state index is 0.306. The molecule has 1 aromatic carbocycles. The zero-order valence-corrected chi connectivity index (χ0v) is 11.6. The second-order valence-electron chi connectivity index (χ2n) is 4.55. The molecule has 1 aromatic heterocycles. The van der Waals surface area contributed by atoms with E-state index in [1.54, 1.807) is 12.1 Å². The molecule has 1 saturated carbocycles. The SMILES string of the molecule is NNc1cc(C2CC2)nc(-c2ccc(F)c(Br)c2)n1. The third-order valence-corrected chi connectivity index (χ3v) is 3.67. The predicted molar refractivity (Wildman–Crippen MR) is 74.9 cm³/mol. The van der Waals surface area contributed by atoms with Gasteiger partial charge in [0, 0.05) is 23.2 Å². The number of halogens is 2. The van der Waals surface area contributed by atoms with Crippen molar-refractivity contribution in [2.45, 2.75) is 18.8 Å². The van der Waals surface area contributed by atoms with Gasteiger partial charge in [-0.2, -0.15) is 0 Å². The highest BCUT2D eigenvalue weighted by Crippen LogP contribution is 2.40. The minimum atomic E-state index is -0.306. The second kappa shape index (κ2) is 4.86. The van der Waals surface area contributed by atoms with Gasteiger partial charge in [0.05, 0.1) is 4.47 Å². The normalized spacial score (nSPS) is 14.5. The molecule has 3 N–H and O–H groups in total. The molecule has 1 heterocycles. The summed E-state index contributed by atoms with van der Waals surface area (Å²) in [5.41, 5.74) is 4.29. The van der Waals surface area contributed by atoms with E-state index in [0.29, 0.717) is 22.0 Å². The Morgan fingerprint density at radius 2 is 2.05 bits per heavy atom. The molecule has 0 spiro atoms. The fraction of sp³-hybridized carbons (Fsp3) is 0.231. The van der Waals surface area contributed by atoms with Crippen LogP contribution in [0.3, 0.4) is 0 Å². The summed E-state index contributed by atoms with van der Waals surface area (Å²) >= 11 is 3.17. The number of nitrogens with one attached hydrogen (secondary N) is 1. The van der Waals surface area contributed by atoms with Gasteiger partial charge in [0.25, 0.3) is 0 Å². The largest absolute Gasteiger partial charge is 0.308 e. The highest BCUT2D eigenvalue weighted by molar-refractivity contribution is 9.10. The highest BCUT2D eigenvalue weighted by atomic mass is 79.9. The van der Waals surface area contributed by atoms with E-state index in [1.165, 1.54) is 6.07 Å². The van der Waals surface area contributed by atoms with Gasteiger partial charge in [-0.3, -0.25) is 0 Å². The number of nitrogens with zero attached hydrogens (tertiary/aromatic N) is 2. The molecule has 0 aliphatic heterocycles. The van der Waals surface area contributed by atoms with E-state index in [4.69, 9.17) is 5.84 Å². The minimum Gasteiger partial charge on any atom is -0.308 e. The average molecular weight is 323 g/mol. The molecular formula is C13H12BrFN4. The maximum Gasteiger partial charge on any atom is 0.161 e. The molecule has 0 bridgehead atoms. The summed E-state index contributed by atoms with van der Waals surface area (Å²) in [6, 6.07) is 6.58. The lowest BCUT2D eigenvalue weighted by Crippen LogP contribution is -2.10. The number of hydrogen-bond acceptors (Lipinski definition) is 4. The fourth-order valence-electron chi connectivity index (χ4n) is 1.89. The highest BCUT2D eigenvalue weighted by Gasteiger charge is 2.26. The fourth-order valence-corrected chi connectivity index (χ4v) is 2.27. The lowest BCUT2D eigenvalue weighted by atomic mass is 10.2. The van der Waals surface area contributed by atoms with Gasteiger partial charge in [0.1, 0.15) is 11.6 Å². The van der Waals surface area contributed by atoms with Crippen molar-refractivity contribution in [3.8, 4) is 11.4 Å². The number of nitrogens with two attached hydrogens (primary N) is 1. The van der Waals surface area contributed by atoms with Crippen LogP contribution in [0.25, 0.3) is 11.4 Å². The van der Waals surface area contributed by atoms with Crippen molar-refractivity contribution in [3.63, 3.8) is 0 Å². The molecule has 0 amide bonds. The smallest absolute Gasteiger partial charge is 0.161 e. The van der Waals surface area contributed by atoms with Crippen molar-refractivity contribution >= 4 is 21.7 Å². The maximum absolute atomic E-state index is 13.3. The number of anilines is 1. The van der Waals surface area contributed by atoms with Crippen molar-refractivity contribution < 1.29 is 4.39 Å². The summed E-state index contributed by atoms with van der Waals surface area (Å²) in [6.45, 7) is 0. The van der Waals surface area contributed by atoms with E-state index in [2.05, 4.69) is 31.3 Å². The standard InChI is InChI=1S/C13H12BrFN4/c14-9-5-8(3-4-10(9)15)13-17-11(7-1-2-7)6-12(18-13)19-16/h3-7H,1-2,16H2,(H,17,18,19). The molecule has 1 aliphatic rings. The van der Waals surface area contributed by atoms with Crippen LogP contribution in [-0.4, -0.2) is 9.97 Å². The van der Waals surface area contributed by atoms with E-state index in [0.717, 1.165) is 24.1 Å². The van der Waals surface area contributed by atoms with E-state index >= 15 is 0 Å². The van der Waals surface area contributed by atoms with Gasteiger partial charge in [0.15, 0.2) is 5.82 Å². The predicted octanol–water partition coefficient (Wildman–Crippen LogP) is 3.21. The first-order chi connectivity index (χ1) is 9.17. The summed E-state index contributed by atoms with van der Waals surface area (Å²) < 4.78 is 13.7. The van der Waals surface area contributed by atoms with Gasteiger partial charge in [0.2, 0.25) is 0 Å². The van der Waals surface area contributed by atoms with Crippen molar-refractivity contribution in [2.24, 2.45) is 5.84 Å². The van der Waals surface area contributed by atoms with E-state index < -0.39 is 0 Å². The molecule has 3 rings (SSSR count). The Morgan fingerprint density at radius 3 is 2.68 bits per heavy atom. The topological polar surface area (TPSA) is 63.8 Å². The Kier molecular flexibility index (Phi) is 3.20. The van der Waals surface area contributed by atoms with Gasteiger partial charge in [-0.25, -0.2) is 20.2 Å². The first kappa shape index (κ1) is 12.5. The van der Waals surface area contributed by atoms with Crippen LogP contribution in [0, 0.1) is 5.82 Å². The zero-order chi connectivity index (χ0) is 13.4. The number of benzene rings is 1. The molecule has 2 aromatic rings. The van der Waals surface area contributed by atoms with Crippen molar-refractivity contribution in [1.82, 2.24) is 9.97 Å². The molecule has 6 heteroatoms. The molecule has 0 radical (unpaired) electrons. The third-order valence-electron chi connectivity index (χ3n) is 3.07. The van der Waals surface area contributed by atoms with Gasteiger partial charge < -0.3 is 5.43 Å². The average Bonchev–Trinajstić information content (AvgIpc) is 3.26. The maximum atomic E-state index is 13.3. The first-order valence-electron chi connectivity index (χ1n) is 5.98. The number of hydrazine groups is 1. The molecule has 0 unspecified atom stereocenters. The summed E-state index contributed by atoms with van der Waals surface area (Å²) in [5.74, 6) is 6.75. The number of rotatable bonds is 3. The number of aromatic nitrogens is 2. The number of hydrogen-bond donors (Lipinski definition) is 2. The van der Waals surface area contributed by atoms with Crippen LogP contribution in [0.2, 0.25) is 0 Å². The van der Waals surface area contributed by atoms with Gasteiger partial charge in [-0.15, -0.1) is 0 Å². The van der Waals surface area contributed by atoms with Crippen LogP contribution in [-0.2, 0) is 0 Å². The molecule has 19 heavy (non-hydrogen) atoms. The van der Waals surface area contributed by atoms with E-state index in [1.807, 2.05) is 6.07 Å².